The van der Waals surface area contributed by atoms with Crippen LogP contribution in [0.2, 0.25) is 5.02 Å². The Kier molecular flexibility index (Phi) is 2.45. The highest BCUT2D eigenvalue weighted by atomic mass is 79.9. The van der Waals surface area contributed by atoms with Gasteiger partial charge in [0.05, 0.1) is 15.7 Å². The third kappa shape index (κ3) is 1.50. The average Bonchev–Trinajstić information content (AvgIpc) is 2.47. The van der Waals surface area contributed by atoms with Crippen molar-refractivity contribution in [2.45, 2.75) is 6.43 Å². The van der Waals surface area contributed by atoms with Crippen molar-refractivity contribution in [1.29, 1.82) is 0 Å². The van der Waals surface area contributed by atoms with E-state index in [4.69, 9.17) is 11.6 Å². The lowest BCUT2D eigenvalue weighted by atomic mass is 10.4. The molecule has 0 bridgehead atoms. The molecule has 2 nitrogen and oxygen atoms in total. The largest absolute Gasteiger partial charge is 0.296 e. The molecule has 0 spiro atoms. The molecule has 0 saturated heterocycles. The van der Waals surface area contributed by atoms with Crippen molar-refractivity contribution >= 4 is 33.2 Å². The molecule has 2 rings (SSSR count). The second-order valence-electron chi connectivity index (χ2n) is 2.68. The Bertz CT molecular complexity index is 483. The molecule has 2 aromatic rings. The lowest BCUT2D eigenvalue weighted by molar-refractivity contribution is 0.145. The molecule has 2 aromatic heterocycles. The fourth-order valence-corrected chi connectivity index (χ4v) is 2.07. The minimum atomic E-state index is -2.56. The summed E-state index contributed by atoms with van der Waals surface area (Å²) < 4.78 is 26.8. The van der Waals surface area contributed by atoms with Gasteiger partial charge >= 0.3 is 0 Å². The van der Waals surface area contributed by atoms with E-state index in [1.165, 1.54) is 10.6 Å². The molecule has 14 heavy (non-hydrogen) atoms. The number of hydrogen-bond acceptors (Lipinski definition) is 1. The van der Waals surface area contributed by atoms with E-state index in [9.17, 15) is 8.78 Å². The molecular formula is C8H4BrClF2N2. The van der Waals surface area contributed by atoms with E-state index in [0.29, 0.717) is 15.1 Å². The van der Waals surface area contributed by atoms with Crippen molar-refractivity contribution in [1.82, 2.24) is 9.38 Å². The highest BCUT2D eigenvalue weighted by Gasteiger charge is 2.14. The van der Waals surface area contributed by atoms with Crippen LogP contribution in [0, 0.1) is 0 Å². The molecule has 2 heterocycles. The van der Waals surface area contributed by atoms with Crippen molar-refractivity contribution in [3.05, 3.63) is 33.6 Å². The molecule has 0 aromatic carbocycles. The van der Waals surface area contributed by atoms with Gasteiger partial charge < -0.3 is 0 Å². The summed E-state index contributed by atoms with van der Waals surface area (Å²) in [5.41, 5.74) is 0.271. The van der Waals surface area contributed by atoms with E-state index >= 15 is 0 Å². The standard InChI is InChI=1S/C8H4BrClF2N2/c9-5-1-4(10)3-14-6(7(11)12)2-13-8(5)14/h1-3,7H. The van der Waals surface area contributed by atoms with Crippen molar-refractivity contribution in [2.24, 2.45) is 0 Å². The molecular weight excluding hydrogens is 277 g/mol. The summed E-state index contributed by atoms with van der Waals surface area (Å²) in [5.74, 6) is 0. The van der Waals surface area contributed by atoms with Gasteiger partial charge in [-0.25, -0.2) is 13.8 Å². The Balaban J connectivity index is 2.78. The molecule has 0 fully saturated rings. The number of alkyl halides is 2. The zero-order chi connectivity index (χ0) is 10.3. The monoisotopic (exact) mass is 280 g/mol. The topological polar surface area (TPSA) is 17.3 Å². The Morgan fingerprint density at radius 1 is 1.50 bits per heavy atom. The van der Waals surface area contributed by atoms with Crippen molar-refractivity contribution in [3.63, 3.8) is 0 Å². The Morgan fingerprint density at radius 2 is 2.21 bits per heavy atom. The summed E-state index contributed by atoms with van der Waals surface area (Å²) in [5, 5.41) is 0.379. The highest BCUT2D eigenvalue weighted by molar-refractivity contribution is 9.10. The minimum absolute atomic E-state index is 0.164. The first-order chi connectivity index (χ1) is 6.59. The molecule has 0 unspecified atom stereocenters. The van der Waals surface area contributed by atoms with Crippen molar-refractivity contribution < 1.29 is 8.78 Å². The van der Waals surface area contributed by atoms with E-state index < -0.39 is 6.43 Å². The van der Waals surface area contributed by atoms with Crippen LogP contribution in [0.1, 0.15) is 12.1 Å². The van der Waals surface area contributed by atoms with Gasteiger partial charge in [0.25, 0.3) is 6.43 Å². The first kappa shape index (κ1) is 9.86. The van der Waals surface area contributed by atoms with Crippen LogP contribution >= 0.6 is 27.5 Å². The van der Waals surface area contributed by atoms with Gasteiger partial charge in [-0.2, -0.15) is 0 Å². The van der Waals surface area contributed by atoms with Gasteiger partial charge in [0, 0.05) is 6.20 Å². The summed E-state index contributed by atoms with van der Waals surface area (Å²) in [6, 6.07) is 1.61. The van der Waals surface area contributed by atoms with E-state index in [1.54, 1.807) is 6.07 Å². The normalized spacial score (nSPS) is 11.5. The van der Waals surface area contributed by atoms with Crippen LogP contribution in [0.5, 0.6) is 0 Å². The number of nitrogens with zero attached hydrogens (tertiary/aromatic N) is 2. The predicted molar refractivity (Wildman–Crippen MR) is 52.9 cm³/mol. The third-order valence-electron chi connectivity index (χ3n) is 1.78. The molecule has 0 radical (unpaired) electrons. The highest BCUT2D eigenvalue weighted by Crippen LogP contribution is 2.26. The maximum atomic E-state index is 12.5. The van der Waals surface area contributed by atoms with Crippen LogP contribution in [0.3, 0.4) is 0 Å². The zero-order valence-corrected chi connectivity index (χ0v) is 9.06. The number of hydrogen-bond donors (Lipinski definition) is 0. The maximum Gasteiger partial charge on any atom is 0.280 e. The summed E-state index contributed by atoms with van der Waals surface area (Å²) in [6.07, 6.45) is -0.00704. The Hall–Kier alpha value is -0.680. The third-order valence-corrected chi connectivity index (χ3v) is 2.57. The molecule has 0 atom stereocenters. The number of imidazole rings is 1. The quantitative estimate of drug-likeness (QED) is 0.779. The smallest absolute Gasteiger partial charge is 0.280 e. The van der Waals surface area contributed by atoms with Crippen LogP contribution in [0.25, 0.3) is 5.65 Å². The van der Waals surface area contributed by atoms with E-state index in [0.717, 1.165) is 6.20 Å². The van der Waals surface area contributed by atoms with E-state index in [1.807, 2.05) is 0 Å². The molecule has 0 N–H and O–H groups in total. The molecule has 0 aliphatic heterocycles. The molecule has 0 saturated carbocycles. The van der Waals surface area contributed by atoms with Crippen LogP contribution in [-0.2, 0) is 0 Å². The molecule has 74 valence electrons. The van der Waals surface area contributed by atoms with Crippen LogP contribution in [0.15, 0.2) is 22.9 Å². The van der Waals surface area contributed by atoms with Gasteiger partial charge in [0.2, 0.25) is 0 Å². The summed E-state index contributed by atoms with van der Waals surface area (Å²) >= 11 is 8.93. The molecule has 6 heteroatoms. The predicted octanol–water partition coefficient (Wildman–Crippen LogP) is 3.69. The minimum Gasteiger partial charge on any atom is -0.296 e. The number of fused-ring (bicyclic) bond motifs is 1. The zero-order valence-electron chi connectivity index (χ0n) is 6.72. The summed E-state index contributed by atoms with van der Waals surface area (Å²) in [7, 11) is 0. The molecule has 0 aliphatic carbocycles. The number of pyridine rings is 1. The Morgan fingerprint density at radius 3 is 2.86 bits per heavy atom. The summed E-state index contributed by atoms with van der Waals surface area (Å²) in [6.45, 7) is 0. The lowest BCUT2D eigenvalue weighted by Gasteiger charge is -2.01. The van der Waals surface area contributed by atoms with Crippen LogP contribution in [-0.4, -0.2) is 9.38 Å². The number of aromatic nitrogens is 2. The van der Waals surface area contributed by atoms with Crippen molar-refractivity contribution in [3.8, 4) is 0 Å². The van der Waals surface area contributed by atoms with Gasteiger partial charge in [-0.05, 0) is 22.0 Å². The fraction of sp³-hybridized carbons (Fsp3) is 0.125. The first-order valence-electron chi connectivity index (χ1n) is 3.69. The van der Waals surface area contributed by atoms with Crippen molar-refractivity contribution in [2.75, 3.05) is 0 Å². The van der Waals surface area contributed by atoms with Crippen LogP contribution in [0.4, 0.5) is 8.78 Å². The summed E-state index contributed by atoms with van der Waals surface area (Å²) in [4.78, 5) is 3.86. The fourth-order valence-electron chi connectivity index (χ4n) is 1.19. The number of halogens is 4. The van der Waals surface area contributed by atoms with Gasteiger partial charge in [-0.3, -0.25) is 4.40 Å². The van der Waals surface area contributed by atoms with Gasteiger partial charge in [0.1, 0.15) is 5.69 Å². The van der Waals surface area contributed by atoms with Gasteiger partial charge in [-0.15, -0.1) is 0 Å². The number of rotatable bonds is 1. The second kappa shape index (κ2) is 3.47. The van der Waals surface area contributed by atoms with Gasteiger partial charge in [0.15, 0.2) is 5.65 Å². The second-order valence-corrected chi connectivity index (χ2v) is 3.97. The Labute approximate surface area is 91.6 Å². The van der Waals surface area contributed by atoms with Gasteiger partial charge in [-0.1, -0.05) is 11.6 Å². The SMILES string of the molecule is FC(F)c1cnc2c(Br)cc(Cl)cn12. The maximum absolute atomic E-state index is 12.5. The lowest BCUT2D eigenvalue weighted by Crippen LogP contribution is -1.93. The molecule has 0 aliphatic rings. The first-order valence-corrected chi connectivity index (χ1v) is 4.87. The molecule has 0 amide bonds. The van der Waals surface area contributed by atoms with E-state index in [-0.39, 0.29) is 5.69 Å². The average molecular weight is 281 g/mol. The van der Waals surface area contributed by atoms with Crippen LogP contribution < -0.4 is 0 Å². The van der Waals surface area contributed by atoms with E-state index in [2.05, 4.69) is 20.9 Å².